The number of para-hydroxylation sites is 2. The lowest BCUT2D eigenvalue weighted by atomic mass is 10.1. The zero-order chi connectivity index (χ0) is 18.5. The predicted molar refractivity (Wildman–Crippen MR) is 101 cm³/mol. The lowest BCUT2D eigenvalue weighted by molar-refractivity contribution is -0.113. The van der Waals surface area contributed by atoms with Crippen molar-refractivity contribution in [3.8, 4) is 11.4 Å². The van der Waals surface area contributed by atoms with Gasteiger partial charge in [-0.25, -0.2) is 0 Å². The van der Waals surface area contributed by atoms with Crippen LogP contribution in [-0.4, -0.2) is 39.0 Å². The third-order valence-electron chi connectivity index (χ3n) is 3.97. The summed E-state index contributed by atoms with van der Waals surface area (Å²) in [6.45, 7) is 4.00. The molecule has 3 rings (SSSR count). The van der Waals surface area contributed by atoms with E-state index in [1.165, 1.54) is 11.8 Å². The monoisotopic (exact) mass is 369 g/mol. The highest BCUT2D eigenvalue weighted by atomic mass is 32.2. The van der Waals surface area contributed by atoms with E-state index in [-0.39, 0.29) is 11.7 Å². The summed E-state index contributed by atoms with van der Waals surface area (Å²) in [5, 5.41) is 15.2. The Kier molecular flexibility index (Phi) is 5.52. The largest absolute Gasteiger partial charge is 0.494 e. The maximum Gasteiger partial charge on any atom is 0.234 e. The van der Waals surface area contributed by atoms with E-state index in [4.69, 9.17) is 4.74 Å². The Labute approximate surface area is 155 Å². The highest BCUT2D eigenvalue weighted by Gasteiger charge is 2.15. The summed E-state index contributed by atoms with van der Waals surface area (Å²) < 4.78 is 6.91. The molecule has 0 aliphatic carbocycles. The number of anilines is 1. The number of amides is 1. The molecule has 3 aromatic rings. The highest BCUT2D eigenvalue weighted by molar-refractivity contribution is 7.99. The van der Waals surface area contributed by atoms with Gasteiger partial charge in [0.15, 0.2) is 0 Å². The molecule has 0 atom stereocenters. The molecule has 0 unspecified atom stereocenters. The van der Waals surface area contributed by atoms with Crippen molar-refractivity contribution < 1.29 is 9.53 Å². The third kappa shape index (κ3) is 3.85. The topological polar surface area (TPSA) is 81.9 Å². The van der Waals surface area contributed by atoms with Crippen molar-refractivity contribution in [1.82, 2.24) is 20.2 Å². The summed E-state index contributed by atoms with van der Waals surface area (Å²) in [5.74, 6) is 0.739. The molecule has 1 amide bonds. The molecule has 0 saturated carbocycles. The molecular formula is C18H19N5O2S. The first-order valence-corrected chi connectivity index (χ1v) is 8.99. The van der Waals surface area contributed by atoms with Crippen molar-refractivity contribution >= 4 is 23.4 Å². The fraction of sp³-hybridized carbons (Fsp3) is 0.222. The average molecular weight is 369 g/mol. The van der Waals surface area contributed by atoms with Crippen LogP contribution in [0.2, 0.25) is 0 Å². The van der Waals surface area contributed by atoms with E-state index in [9.17, 15) is 4.79 Å². The minimum Gasteiger partial charge on any atom is -0.494 e. The zero-order valence-corrected chi connectivity index (χ0v) is 15.6. The molecule has 1 N–H and O–H groups in total. The van der Waals surface area contributed by atoms with E-state index in [1.54, 1.807) is 11.8 Å². The molecule has 0 radical (unpaired) electrons. The van der Waals surface area contributed by atoms with Crippen molar-refractivity contribution in [2.24, 2.45) is 0 Å². The van der Waals surface area contributed by atoms with Gasteiger partial charge in [0.25, 0.3) is 0 Å². The number of carbonyl (C=O) groups is 1. The van der Waals surface area contributed by atoms with Crippen LogP contribution in [-0.2, 0) is 4.79 Å². The second-order valence-electron chi connectivity index (χ2n) is 5.63. The van der Waals surface area contributed by atoms with Gasteiger partial charge in [-0.1, -0.05) is 36.0 Å². The number of methoxy groups -OCH3 is 1. The van der Waals surface area contributed by atoms with Crippen LogP contribution in [0.1, 0.15) is 11.1 Å². The number of hydrogen-bond acceptors (Lipinski definition) is 6. The molecule has 8 heteroatoms. The van der Waals surface area contributed by atoms with Gasteiger partial charge in [-0.05, 0) is 53.6 Å². The average Bonchev–Trinajstić information content (AvgIpc) is 3.12. The van der Waals surface area contributed by atoms with Gasteiger partial charge in [0.2, 0.25) is 11.1 Å². The predicted octanol–water partition coefficient (Wildman–Crippen LogP) is 3.02. The van der Waals surface area contributed by atoms with Gasteiger partial charge in [-0.3, -0.25) is 4.79 Å². The molecule has 0 aliphatic rings. The van der Waals surface area contributed by atoms with Gasteiger partial charge < -0.3 is 10.1 Å². The van der Waals surface area contributed by atoms with Gasteiger partial charge in [0.1, 0.15) is 11.4 Å². The normalized spacial score (nSPS) is 10.6. The fourth-order valence-electron chi connectivity index (χ4n) is 2.43. The van der Waals surface area contributed by atoms with Crippen LogP contribution in [0.3, 0.4) is 0 Å². The zero-order valence-electron chi connectivity index (χ0n) is 14.8. The maximum atomic E-state index is 12.3. The smallest absolute Gasteiger partial charge is 0.234 e. The number of carbonyl (C=O) groups excluding carboxylic acids is 1. The van der Waals surface area contributed by atoms with Gasteiger partial charge in [-0.2, -0.15) is 4.68 Å². The molecule has 2 aromatic carbocycles. The molecule has 0 bridgehead atoms. The molecule has 1 heterocycles. The molecular weight excluding hydrogens is 350 g/mol. The summed E-state index contributed by atoms with van der Waals surface area (Å²) >= 11 is 1.26. The van der Waals surface area contributed by atoms with E-state index in [0.29, 0.717) is 10.9 Å². The lowest BCUT2D eigenvalue weighted by Crippen LogP contribution is -2.15. The Morgan fingerprint density at radius 3 is 2.81 bits per heavy atom. The van der Waals surface area contributed by atoms with Crippen LogP contribution in [0.5, 0.6) is 5.75 Å². The van der Waals surface area contributed by atoms with Crippen molar-refractivity contribution in [3.05, 3.63) is 53.6 Å². The molecule has 0 fully saturated rings. The van der Waals surface area contributed by atoms with Gasteiger partial charge >= 0.3 is 0 Å². The summed E-state index contributed by atoms with van der Waals surface area (Å²) in [6, 6.07) is 13.3. The van der Waals surface area contributed by atoms with E-state index in [0.717, 1.165) is 22.5 Å². The lowest BCUT2D eigenvalue weighted by Gasteiger charge is -2.11. The van der Waals surface area contributed by atoms with E-state index >= 15 is 0 Å². The fourth-order valence-corrected chi connectivity index (χ4v) is 3.11. The Bertz CT molecular complexity index is 925. The van der Waals surface area contributed by atoms with Crippen LogP contribution in [0.15, 0.2) is 47.6 Å². The van der Waals surface area contributed by atoms with E-state index in [2.05, 4.69) is 20.8 Å². The summed E-state index contributed by atoms with van der Waals surface area (Å²) in [5.41, 5.74) is 3.73. The molecule has 0 aliphatic heterocycles. The SMILES string of the molecule is COc1ccccc1-n1nnnc1SCC(=O)Nc1cccc(C)c1C. The Morgan fingerprint density at radius 2 is 2.00 bits per heavy atom. The second kappa shape index (κ2) is 8.01. The number of tetrazole rings is 1. The number of benzene rings is 2. The highest BCUT2D eigenvalue weighted by Crippen LogP contribution is 2.26. The minimum absolute atomic E-state index is 0.113. The van der Waals surface area contributed by atoms with Crippen LogP contribution >= 0.6 is 11.8 Å². The number of rotatable bonds is 6. The van der Waals surface area contributed by atoms with Crippen molar-refractivity contribution in [2.45, 2.75) is 19.0 Å². The molecule has 7 nitrogen and oxygen atoms in total. The molecule has 134 valence electrons. The molecule has 26 heavy (non-hydrogen) atoms. The first kappa shape index (κ1) is 17.9. The minimum atomic E-state index is -0.113. The van der Waals surface area contributed by atoms with E-state index in [1.807, 2.05) is 56.3 Å². The number of thioether (sulfide) groups is 1. The van der Waals surface area contributed by atoms with Crippen molar-refractivity contribution in [1.29, 1.82) is 0 Å². The summed E-state index contributed by atoms with van der Waals surface area (Å²) in [4.78, 5) is 12.3. The van der Waals surface area contributed by atoms with Crippen LogP contribution in [0, 0.1) is 13.8 Å². The van der Waals surface area contributed by atoms with Crippen LogP contribution < -0.4 is 10.1 Å². The number of ether oxygens (including phenoxy) is 1. The third-order valence-corrected chi connectivity index (χ3v) is 4.88. The second-order valence-corrected chi connectivity index (χ2v) is 6.57. The summed E-state index contributed by atoms with van der Waals surface area (Å²) in [6.07, 6.45) is 0. The standard InChI is InChI=1S/C18H19N5O2S/c1-12-7-6-8-14(13(12)2)19-17(24)11-26-18-20-21-22-23(18)15-9-4-5-10-16(15)25-3/h4-10H,11H2,1-3H3,(H,19,24). The Balaban J connectivity index is 1.70. The maximum absolute atomic E-state index is 12.3. The molecule has 1 aromatic heterocycles. The molecule has 0 spiro atoms. The first-order valence-electron chi connectivity index (χ1n) is 8.01. The first-order chi connectivity index (χ1) is 12.6. The molecule has 0 saturated heterocycles. The van der Waals surface area contributed by atoms with Gasteiger partial charge in [0.05, 0.1) is 12.9 Å². The van der Waals surface area contributed by atoms with Gasteiger partial charge in [0, 0.05) is 5.69 Å². The number of nitrogens with one attached hydrogen (secondary N) is 1. The van der Waals surface area contributed by atoms with Crippen LogP contribution in [0.4, 0.5) is 5.69 Å². The van der Waals surface area contributed by atoms with Crippen LogP contribution in [0.25, 0.3) is 5.69 Å². The number of hydrogen-bond donors (Lipinski definition) is 1. The van der Waals surface area contributed by atoms with Gasteiger partial charge in [-0.15, -0.1) is 5.10 Å². The summed E-state index contributed by atoms with van der Waals surface area (Å²) in [7, 11) is 1.59. The number of aryl methyl sites for hydroxylation is 1. The van der Waals surface area contributed by atoms with E-state index < -0.39 is 0 Å². The van der Waals surface area contributed by atoms with Crippen molar-refractivity contribution in [3.63, 3.8) is 0 Å². The number of nitrogens with zero attached hydrogens (tertiary/aromatic N) is 4. The number of aromatic nitrogens is 4. The Morgan fingerprint density at radius 1 is 1.19 bits per heavy atom. The van der Waals surface area contributed by atoms with Crippen molar-refractivity contribution in [2.75, 3.05) is 18.2 Å². The quantitative estimate of drug-likeness (QED) is 0.673. The Hall–Kier alpha value is -2.87.